The average molecular weight is 405 g/mol. The Bertz CT molecular complexity index is 1300. The van der Waals surface area contributed by atoms with Gasteiger partial charge in [-0.05, 0) is 24.6 Å². The number of carbonyl (C=O) groups excluding carboxylic acids is 1. The number of rotatable bonds is 4. The van der Waals surface area contributed by atoms with Gasteiger partial charge in [0.05, 0.1) is 22.3 Å². The average Bonchev–Trinajstić information content (AvgIpc) is 3.37. The maximum atomic E-state index is 12.6. The van der Waals surface area contributed by atoms with Crippen LogP contribution in [0.25, 0.3) is 26.4 Å². The van der Waals surface area contributed by atoms with E-state index < -0.39 is 0 Å². The van der Waals surface area contributed by atoms with E-state index in [9.17, 15) is 4.79 Å². The lowest BCUT2D eigenvalue weighted by atomic mass is 10.2. The molecule has 0 atom stereocenters. The SMILES string of the molecule is Cc1ccc2nc(NC(=O)Cc3csc4nc(-c5ccccc5)cn34)sc2c1. The second-order valence-corrected chi connectivity index (χ2v) is 8.45. The molecular weight excluding hydrogens is 388 g/mol. The molecule has 3 aromatic heterocycles. The van der Waals surface area contributed by atoms with Crippen molar-refractivity contribution in [3.63, 3.8) is 0 Å². The zero-order chi connectivity index (χ0) is 19.1. The number of fused-ring (bicyclic) bond motifs is 2. The molecule has 138 valence electrons. The van der Waals surface area contributed by atoms with Crippen molar-refractivity contribution in [2.75, 3.05) is 5.32 Å². The molecule has 1 N–H and O–H groups in total. The molecule has 0 aliphatic rings. The maximum Gasteiger partial charge on any atom is 0.232 e. The molecule has 5 aromatic rings. The first-order chi connectivity index (χ1) is 13.7. The quantitative estimate of drug-likeness (QED) is 0.450. The zero-order valence-electron chi connectivity index (χ0n) is 15.0. The van der Waals surface area contributed by atoms with Crippen LogP contribution in [-0.4, -0.2) is 20.3 Å². The van der Waals surface area contributed by atoms with Gasteiger partial charge in [0.1, 0.15) is 0 Å². The third-order valence-electron chi connectivity index (χ3n) is 4.48. The largest absolute Gasteiger partial charge is 0.302 e. The predicted octanol–water partition coefficient (Wildman–Crippen LogP) is 5.16. The fourth-order valence-electron chi connectivity index (χ4n) is 3.12. The van der Waals surface area contributed by atoms with Gasteiger partial charge in [-0.25, -0.2) is 9.97 Å². The Morgan fingerprint density at radius 3 is 2.86 bits per heavy atom. The van der Waals surface area contributed by atoms with Crippen LogP contribution in [0.2, 0.25) is 0 Å². The lowest BCUT2D eigenvalue weighted by Gasteiger charge is -2.01. The second kappa shape index (κ2) is 6.85. The zero-order valence-corrected chi connectivity index (χ0v) is 16.7. The number of aromatic nitrogens is 3. The summed E-state index contributed by atoms with van der Waals surface area (Å²) in [7, 11) is 0. The van der Waals surface area contributed by atoms with Crippen LogP contribution >= 0.6 is 22.7 Å². The highest BCUT2D eigenvalue weighted by atomic mass is 32.1. The molecule has 0 saturated carbocycles. The van der Waals surface area contributed by atoms with Gasteiger partial charge >= 0.3 is 0 Å². The third kappa shape index (κ3) is 3.19. The highest BCUT2D eigenvalue weighted by Gasteiger charge is 2.14. The number of benzene rings is 2. The number of nitrogens with zero attached hydrogens (tertiary/aromatic N) is 3. The molecule has 0 aliphatic heterocycles. The molecule has 7 heteroatoms. The highest BCUT2D eigenvalue weighted by molar-refractivity contribution is 7.22. The van der Waals surface area contributed by atoms with Crippen LogP contribution in [0.5, 0.6) is 0 Å². The molecule has 1 amide bonds. The molecular formula is C21H16N4OS2. The normalized spacial score (nSPS) is 11.3. The summed E-state index contributed by atoms with van der Waals surface area (Å²) in [6.07, 6.45) is 2.27. The number of hydrogen-bond donors (Lipinski definition) is 1. The van der Waals surface area contributed by atoms with E-state index in [2.05, 4.69) is 21.4 Å². The Morgan fingerprint density at radius 2 is 2.00 bits per heavy atom. The van der Waals surface area contributed by atoms with Gasteiger partial charge < -0.3 is 5.32 Å². The van der Waals surface area contributed by atoms with Gasteiger partial charge in [-0.1, -0.05) is 47.7 Å². The summed E-state index contributed by atoms with van der Waals surface area (Å²) < 4.78 is 3.07. The van der Waals surface area contributed by atoms with Crippen molar-refractivity contribution >= 4 is 48.9 Å². The molecule has 5 rings (SSSR count). The minimum Gasteiger partial charge on any atom is -0.302 e. The number of aryl methyl sites for hydroxylation is 1. The number of carbonyl (C=O) groups is 1. The molecule has 0 unspecified atom stereocenters. The van der Waals surface area contributed by atoms with Crippen LogP contribution in [0.4, 0.5) is 5.13 Å². The van der Waals surface area contributed by atoms with E-state index in [-0.39, 0.29) is 12.3 Å². The summed E-state index contributed by atoms with van der Waals surface area (Å²) >= 11 is 3.04. The van der Waals surface area contributed by atoms with Gasteiger partial charge in [-0.2, -0.15) is 0 Å². The highest BCUT2D eigenvalue weighted by Crippen LogP contribution is 2.27. The predicted molar refractivity (Wildman–Crippen MR) is 115 cm³/mol. The van der Waals surface area contributed by atoms with Crippen LogP contribution in [0.15, 0.2) is 60.1 Å². The summed E-state index contributed by atoms with van der Waals surface area (Å²) in [4.78, 5) is 22.6. The Balaban J connectivity index is 1.37. The number of anilines is 1. The summed E-state index contributed by atoms with van der Waals surface area (Å²) in [5, 5.41) is 5.55. The fourth-order valence-corrected chi connectivity index (χ4v) is 4.97. The van der Waals surface area contributed by atoms with Gasteiger partial charge in [0.2, 0.25) is 5.91 Å². The first kappa shape index (κ1) is 17.1. The molecule has 0 fully saturated rings. The van der Waals surface area contributed by atoms with Crippen LogP contribution in [0.1, 0.15) is 11.3 Å². The Morgan fingerprint density at radius 1 is 1.14 bits per heavy atom. The smallest absolute Gasteiger partial charge is 0.232 e. The molecule has 0 spiro atoms. The molecule has 28 heavy (non-hydrogen) atoms. The molecule has 0 aliphatic carbocycles. The standard InChI is InChI=1S/C21H16N4OS2/c1-13-7-8-16-18(9-13)28-20(22-16)24-19(26)10-15-12-27-21-23-17(11-25(15)21)14-5-3-2-4-6-14/h2-9,11-12H,10H2,1H3,(H,22,24,26). The van der Waals surface area contributed by atoms with Gasteiger partial charge in [0.15, 0.2) is 10.1 Å². The van der Waals surface area contributed by atoms with Gasteiger partial charge in [0, 0.05) is 22.8 Å². The number of amides is 1. The monoisotopic (exact) mass is 404 g/mol. The third-order valence-corrected chi connectivity index (χ3v) is 6.31. The van der Waals surface area contributed by atoms with Crippen LogP contribution < -0.4 is 5.32 Å². The lowest BCUT2D eigenvalue weighted by molar-refractivity contribution is -0.115. The van der Waals surface area contributed by atoms with E-state index >= 15 is 0 Å². The van der Waals surface area contributed by atoms with Crippen LogP contribution in [0, 0.1) is 6.92 Å². The summed E-state index contributed by atoms with van der Waals surface area (Å²) in [5.41, 5.74) is 4.99. The Kier molecular flexibility index (Phi) is 4.18. The molecule has 0 saturated heterocycles. The fraction of sp³-hybridized carbons (Fsp3) is 0.0952. The van der Waals surface area contributed by atoms with E-state index in [1.807, 2.05) is 65.4 Å². The van der Waals surface area contributed by atoms with Crippen molar-refractivity contribution in [1.82, 2.24) is 14.4 Å². The minimum absolute atomic E-state index is 0.0783. The number of hydrogen-bond acceptors (Lipinski definition) is 5. The summed E-state index contributed by atoms with van der Waals surface area (Å²) in [5.74, 6) is -0.0783. The van der Waals surface area contributed by atoms with Crippen LogP contribution in [-0.2, 0) is 11.2 Å². The van der Waals surface area contributed by atoms with E-state index in [0.29, 0.717) is 5.13 Å². The summed E-state index contributed by atoms with van der Waals surface area (Å²) in [6.45, 7) is 2.05. The van der Waals surface area contributed by atoms with Gasteiger partial charge in [0.25, 0.3) is 0 Å². The number of nitrogens with one attached hydrogen (secondary N) is 1. The van der Waals surface area contributed by atoms with E-state index in [1.54, 1.807) is 11.3 Å². The van der Waals surface area contributed by atoms with Crippen molar-refractivity contribution in [1.29, 1.82) is 0 Å². The van der Waals surface area contributed by atoms with Crippen molar-refractivity contribution < 1.29 is 4.79 Å². The van der Waals surface area contributed by atoms with E-state index in [1.165, 1.54) is 16.9 Å². The minimum atomic E-state index is -0.0783. The van der Waals surface area contributed by atoms with Crippen molar-refractivity contribution in [2.45, 2.75) is 13.3 Å². The van der Waals surface area contributed by atoms with Crippen molar-refractivity contribution in [3.05, 3.63) is 71.4 Å². The Hall–Kier alpha value is -3.03. The lowest BCUT2D eigenvalue weighted by Crippen LogP contribution is -2.15. The molecule has 3 heterocycles. The molecule has 2 aromatic carbocycles. The van der Waals surface area contributed by atoms with Crippen molar-refractivity contribution in [2.24, 2.45) is 0 Å². The van der Waals surface area contributed by atoms with Gasteiger partial charge in [-0.15, -0.1) is 11.3 Å². The van der Waals surface area contributed by atoms with E-state index in [4.69, 9.17) is 0 Å². The molecule has 5 nitrogen and oxygen atoms in total. The van der Waals surface area contributed by atoms with Crippen LogP contribution in [0.3, 0.4) is 0 Å². The maximum absolute atomic E-state index is 12.6. The summed E-state index contributed by atoms with van der Waals surface area (Å²) in [6, 6.07) is 16.1. The van der Waals surface area contributed by atoms with Gasteiger partial charge in [-0.3, -0.25) is 9.20 Å². The number of thiazole rings is 2. The molecule has 0 bridgehead atoms. The molecule has 0 radical (unpaired) electrons. The second-order valence-electron chi connectivity index (χ2n) is 6.59. The first-order valence-corrected chi connectivity index (χ1v) is 10.5. The first-order valence-electron chi connectivity index (χ1n) is 8.84. The Labute approximate surface area is 169 Å². The topological polar surface area (TPSA) is 59.3 Å². The number of imidazole rings is 1. The van der Waals surface area contributed by atoms with E-state index in [0.717, 1.165) is 32.1 Å². The van der Waals surface area contributed by atoms with Crippen molar-refractivity contribution in [3.8, 4) is 11.3 Å².